The summed E-state index contributed by atoms with van der Waals surface area (Å²) in [5, 5.41) is 5.16. The van der Waals surface area contributed by atoms with E-state index in [0.717, 1.165) is 39.4 Å². The molecule has 3 heteroatoms. The van der Waals surface area contributed by atoms with Crippen LogP contribution in [0.3, 0.4) is 0 Å². The minimum atomic E-state index is -0.107. The zero-order valence-corrected chi connectivity index (χ0v) is 34.2. The summed E-state index contributed by atoms with van der Waals surface area (Å²) in [5.41, 5.74) is 11.1. The topological polar surface area (TPSA) is 41.8 Å². The van der Waals surface area contributed by atoms with Gasteiger partial charge in [-0.25, -0.2) is 4.99 Å². The monoisotopic (exact) mass is 734 g/mol. The van der Waals surface area contributed by atoms with E-state index in [1.54, 1.807) is 6.92 Å². The lowest BCUT2D eigenvalue weighted by Gasteiger charge is -2.30. The standard InChI is InChI=1S/C49H46N2.C4H8O/c1-48(2,3)44-41-30-28-39(51-47(37-23-15-9-16-24-37)38-25-17-10-18-26-38)32-43(41)45(49(4,5)6)40-29-27-34(31-42(40)44)33-50-46(35-19-11-7-12-20-35)36-21-13-8-14-22-36;1-3-4(2)5/h7-32H,33H2,1-6H3;3H2,1-2H3. The van der Waals surface area contributed by atoms with Gasteiger partial charge in [-0.3, -0.25) is 4.99 Å². The second-order valence-electron chi connectivity index (χ2n) is 16.5. The van der Waals surface area contributed by atoms with Gasteiger partial charge in [0, 0.05) is 28.7 Å². The fourth-order valence-electron chi connectivity index (χ4n) is 7.38. The van der Waals surface area contributed by atoms with E-state index < -0.39 is 0 Å². The summed E-state index contributed by atoms with van der Waals surface area (Å²) in [6.45, 7) is 18.0. The maximum absolute atomic E-state index is 9.81. The second-order valence-corrected chi connectivity index (χ2v) is 16.5. The molecule has 0 amide bonds. The van der Waals surface area contributed by atoms with Crippen LogP contribution in [0.4, 0.5) is 5.69 Å². The van der Waals surface area contributed by atoms with Crippen molar-refractivity contribution >= 4 is 44.4 Å². The summed E-state index contributed by atoms with van der Waals surface area (Å²) in [6.07, 6.45) is 0.667. The van der Waals surface area contributed by atoms with Gasteiger partial charge in [-0.2, -0.15) is 0 Å². The number of hydrogen-bond acceptors (Lipinski definition) is 3. The fourth-order valence-corrected chi connectivity index (χ4v) is 7.38. The van der Waals surface area contributed by atoms with Crippen LogP contribution in [0.2, 0.25) is 0 Å². The Kier molecular flexibility index (Phi) is 12.2. The van der Waals surface area contributed by atoms with Gasteiger partial charge in [0.25, 0.3) is 0 Å². The smallest absolute Gasteiger partial charge is 0.129 e. The number of rotatable bonds is 8. The molecule has 0 bridgehead atoms. The largest absolute Gasteiger partial charge is 0.300 e. The maximum atomic E-state index is 9.81. The van der Waals surface area contributed by atoms with Crippen LogP contribution in [0, 0.1) is 0 Å². The zero-order valence-electron chi connectivity index (χ0n) is 34.2. The van der Waals surface area contributed by atoms with Gasteiger partial charge in [-0.05, 0) is 74.2 Å². The van der Waals surface area contributed by atoms with Crippen molar-refractivity contribution in [3.63, 3.8) is 0 Å². The molecule has 0 aliphatic rings. The molecule has 0 aliphatic carbocycles. The van der Waals surface area contributed by atoms with E-state index >= 15 is 0 Å². The average Bonchev–Trinajstić information content (AvgIpc) is 3.19. The number of fused-ring (bicyclic) bond motifs is 2. The summed E-state index contributed by atoms with van der Waals surface area (Å²) in [4.78, 5) is 20.4. The van der Waals surface area contributed by atoms with Gasteiger partial charge in [-0.1, -0.05) is 188 Å². The predicted octanol–water partition coefficient (Wildman–Crippen LogP) is 13.8. The van der Waals surface area contributed by atoms with E-state index in [-0.39, 0.29) is 16.6 Å². The normalized spacial score (nSPS) is 11.4. The number of benzene rings is 7. The Morgan fingerprint density at radius 1 is 0.482 bits per heavy atom. The molecule has 0 aliphatic heterocycles. The Morgan fingerprint density at radius 3 is 1.25 bits per heavy atom. The van der Waals surface area contributed by atoms with E-state index in [2.05, 4.69) is 199 Å². The second kappa shape index (κ2) is 17.3. The first-order valence-corrected chi connectivity index (χ1v) is 19.7. The molecule has 56 heavy (non-hydrogen) atoms. The fraction of sp³-hybridized carbons (Fsp3) is 0.226. The van der Waals surface area contributed by atoms with E-state index in [1.165, 1.54) is 38.2 Å². The van der Waals surface area contributed by atoms with Crippen molar-refractivity contribution in [3.8, 4) is 0 Å². The van der Waals surface area contributed by atoms with E-state index in [0.29, 0.717) is 13.0 Å². The van der Waals surface area contributed by atoms with Gasteiger partial charge in [-0.15, -0.1) is 0 Å². The molecule has 7 rings (SSSR count). The van der Waals surface area contributed by atoms with Crippen LogP contribution >= 0.6 is 0 Å². The first-order chi connectivity index (χ1) is 26.8. The van der Waals surface area contributed by atoms with Gasteiger partial charge in [0.05, 0.1) is 23.7 Å². The maximum Gasteiger partial charge on any atom is 0.129 e. The summed E-state index contributed by atoms with van der Waals surface area (Å²) >= 11 is 0. The van der Waals surface area contributed by atoms with Crippen molar-refractivity contribution in [1.29, 1.82) is 0 Å². The zero-order chi connectivity index (χ0) is 39.9. The number of aliphatic imine (C=N–C) groups is 2. The molecule has 0 aromatic heterocycles. The summed E-state index contributed by atoms with van der Waals surface area (Å²) in [7, 11) is 0. The summed E-state index contributed by atoms with van der Waals surface area (Å²) in [5.74, 6) is 0.255. The number of ketones is 1. The van der Waals surface area contributed by atoms with Gasteiger partial charge in [0.15, 0.2) is 0 Å². The Hall–Kier alpha value is -5.93. The third-order valence-electron chi connectivity index (χ3n) is 10.0. The van der Waals surface area contributed by atoms with E-state index in [4.69, 9.17) is 9.98 Å². The molecule has 0 unspecified atom stereocenters. The molecule has 0 heterocycles. The lowest BCUT2D eigenvalue weighted by atomic mass is 9.74. The first kappa shape index (κ1) is 39.8. The molecule has 0 fully saturated rings. The van der Waals surface area contributed by atoms with Crippen LogP contribution in [0.15, 0.2) is 168 Å². The van der Waals surface area contributed by atoms with Crippen LogP contribution in [-0.2, 0) is 22.2 Å². The Labute approximate surface area is 333 Å². The highest BCUT2D eigenvalue weighted by molar-refractivity contribution is 6.15. The van der Waals surface area contributed by atoms with Crippen LogP contribution in [0.5, 0.6) is 0 Å². The third-order valence-corrected chi connectivity index (χ3v) is 10.0. The van der Waals surface area contributed by atoms with Gasteiger partial charge in [0.2, 0.25) is 0 Å². The minimum absolute atomic E-state index is 0.0991. The van der Waals surface area contributed by atoms with Crippen molar-refractivity contribution in [3.05, 3.63) is 197 Å². The molecular formula is C53H54N2O. The average molecular weight is 735 g/mol. The molecule has 0 radical (unpaired) electrons. The summed E-state index contributed by atoms with van der Waals surface area (Å²) < 4.78 is 0. The quantitative estimate of drug-likeness (QED) is 0.113. The number of carbonyl (C=O) groups is 1. The van der Waals surface area contributed by atoms with Gasteiger partial charge >= 0.3 is 0 Å². The molecule has 0 spiro atoms. The molecule has 7 aromatic rings. The molecule has 3 nitrogen and oxygen atoms in total. The van der Waals surface area contributed by atoms with Gasteiger partial charge in [0.1, 0.15) is 5.78 Å². The highest BCUT2D eigenvalue weighted by atomic mass is 16.1. The number of carbonyl (C=O) groups excluding carboxylic acids is 1. The van der Waals surface area contributed by atoms with Gasteiger partial charge < -0.3 is 4.79 Å². The molecule has 282 valence electrons. The molecule has 0 atom stereocenters. The number of nitrogens with zero attached hydrogens (tertiary/aromatic N) is 2. The molecule has 7 aromatic carbocycles. The highest BCUT2D eigenvalue weighted by Crippen LogP contribution is 2.45. The van der Waals surface area contributed by atoms with Crippen molar-refractivity contribution < 1.29 is 4.79 Å². The Bertz CT molecular complexity index is 2400. The highest BCUT2D eigenvalue weighted by Gasteiger charge is 2.28. The van der Waals surface area contributed by atoms with Crippen molar-refractivity contribution in [2.45, 2.75) is 79.2 Å². The van der Waals surface area contributed by atoms with Crippen molar-refractivity contribution in [1.82, 2.24) is 0 Å². The summed E-state index contributed by atoms with van der Waals surface area (Å²) in [6, 6.07) is 55.9. The lowest BCUT2D eigenvalue weighted by Crippen LogP contribution is -2.17. The Morgan fingerprint density at radius 2 is 0.857 bits per heavy atom. The number of hydrogen-bond donors (Lipinski definition) is 0. The van der Waals surface area contributed by atoms with E-state index in [1.807, 2.05) is 6.92 Å². The van der Waals surface area contributed by atoms with Crippen LogP contribution in [0.25, 0.3) is 21.5 Å². The van der Waals surface area contributed by atoms with Crippen LogP contribution in [-0.4, -0.2) is 17.2 Å². The Balaban J connectivity index is 0.00000100. The first-order valence-electron chi connectivity index (χ1n) is 19.7. The SMILES string of the molecule is CC(C)(C)c1c2ccc(N=C(c3ccccc3)c3ccccc3)cc2c(C(C)(C)C)c2ccc(CN=C(c3ccccc3)c3ccccc3)cc12.CCC(C)=O. The van der Waals surface area contributed by atoms with Crippen molar-refractivity contribution in [2.24, 2.45) is 9.98 Å². The molecular weight excluding hydrogens is 681 g/mol. The molecule has 0 saturated carbocycles. The van der Waals surface area contributed by atoms with Crippen LogP contribution < -0.4 is 0 Å². The third kappa shape index (κ3) is 9.29. The predicted molar refractivity (Wildman–Crippen MR) is 240 cm³/mol. The van der Waals surface area contributed by atoms with Crippen LogP contribution in [0.1, 0.15) is 101 Å². The number of Topliss-reactive ketones (excluding diaryl/α,β-unsaturated/α-hetero) is 1. The van der Waals surface area contributed by atoms with Crippen molar-refractivity contribution in [2.75, 3.05) is 0 Å². The molecule has 0 N–H and O–H groups in total. The lowest BCUT2D eigenvalue weighted by molar-refractivity contribution is -0.116. The minimum Gasteiger partial charge on any atom is -0.300 e. The molecule has 0 saturated heterocycles. The van der Waals surface area contributed by atoms with E-state index in [9.17, 15) is 4.79 Å².